The van der Waals surface area contributed by atoms with E-state index in [1.54, 1.807) is 6.20 Å². The van der Waals surface area contributed by atoms with E-state index in [2.05, 4.69) is 56.5 Å². The molecule has 1 fully saturated rings. The molecular formula is C20H24N6O. The Hall–Kier alpha value is -2.64. The van der Waals surface area contributed by atoms with Gasteiger partial charge in [0.15, 0.2) is 0 Å². The highest BCUT2D eigenvalue weighted by atomic mass is 16.3. The van der Waals surface area contributed by atoms with Crippen LogP contribution in [0.4, 0.5) is 0 Å². The van der Waals surface area contributed by atoms with Gasteiger partial charge in [0.05, 0.1) is 5.60 Å². The summed E-state index contributed by atoms with van der Waals surface area (Å²) in [5.41, 5.74) is 4.72. The lowest BCUT2D eigenvalue weighted by atomic mass is 9.81. The van der Waals surface area contributed by atoms with Gasteiger partial charge in [0.2, 0.25) is 5.82 Å². The average Bonchev–Trinajstić information content (AvgIpc) is 3.21. The second-order valence-corrected chi connectivity index (χ2v) is 7.37. The van der Waals surface area contributed by atoms with Gasteiger partial charge in [-0.15, -0.1) is 10.2 Å². The van der Waals surface area contributed by atoms with Gasteiger partial charge in [-0.05, 0) is 60.2 Å². The highest BCUT2D eigenvalue weighted by Crippen LogP contribution is 2.35. The second-order valence-electron chi connectivity index (χ2n) is 7.37. The molecule has 7 heteroatoms. The smallest absolute Gasteiger partial charge is 0.206 e. The van der Waals surface area contributed by atoms with Crippen LogP contribution in [0.2, 0.25) is 0 Å². The summed E-state index contributed by atoms with van der Waals surface area (Å²) in [5, 5.41) is 25.3. The first-order valence-corrected chi connectivity index (χ1v) is 9.24. The van der Waals surface area contributed by atoms with Crippen LogP contribution in [0.15, 0.2) is 36.7 Å². The third-order valence-corrected chi connectivity index (χ3v) is 5.59. The number of pyridine rings is 1. The molecule has 0 unspecified atom stereocenters. The van der Waals surface area contributed by atoms with Crippen molar-refractivity contribution < 1.29 is 5.11 Å². The van der Waals surface area contributed by atoms with Crippen molar-refractivity contribution >= 4 is 0 Å². The number of aromatic amines is 1. The van der Waals surface area contributed by atoms with Crippen molar-refractivity contribution in [1.82, 2.24) is 30.5 Å². The molecule has 1 aliphatic rings. The number of aliphatic hydroxyl groups is 1. The summed E-state index contributed by atoms with van der Waals surface area (Å²) in [6, 6.07) is 8.25. The van der Waals surface area contributed by atoms with Crippen LogP contribution in [0.5, 0.6) is 0 Å². The van der Waals surface area contributed by atoms with Gasteiger partial charge in [-0.3, -0.25) is 9.88 Å². The molecule has 0 atom stereocenters. The van der Waals surface area contributed by atoms with Crippen molar-refractivity contribution in [3.05, 3.63) is 58.9 Å². The predicted octanol–water partition coefficient (Wildman–Crippen LogP) is 2.36. The molecule has 0 aliphatic carbocycles. The van der Waals surface area contributed by atoms with Gasteiger partial charge in [0.25, 0.3) is 0 Å². The number of piperidine rings is 1. The minimum absolute atomic E-state index is 0.548. The number of benzene rings is 1. The largest absolute Gasteiger partial charge is 0.385 e. The Balaban J connectivity index is 1.44. The van der Waals surface area contributed by atoms with Crippen molar-refractivity contribution in [3.63, 3.8) is 0 Å². The van der Waals surface area contributed by atoms with Crippen molar-refractivity contribution in [2.75, 3.05) is 13.1 Å². The Morgan fingerprint density at radius 1 is 1.19 bits per heavy atom. The molecule has 2 aromatic heterocycles. The van der Waals surface area contributed by atoms with E-state index in [1.807, 2.05) is 18.3 Å². The lowest BCUT2D eigenvalue weighted by Crippen LogP contribution is -2.42. The lowest BCUT2D eigenvalue weighted by molar-refractivity contribution is -0.0282. The van der Waals surface area contributed by atoms with Crippen LogP contribution >= 0.6 is 0 Å². The van der Waals surface area contributed by atoms with Crippen molar-refractivity contribution in [2.24, 2.45) is 0 Å². The molecular weight excluding hydrogens is 340 g/mol. The number of H-pyrrole nitrogens is 1. The van der Waals surface area contributed by atoms with Crippen LogP contribution in [0.3, 0.4) is 0 Å². The molecule has 4 rings (SSSR count). The fourth-order valence-corrected chi connectivity index (χ4v) is 3.84. The van der Waals surface area contributed by atoms with Gasteiger partial charge >= 0.3 is 0 Å². The standard InChI is InChI=1S/C20H24N6O/c1-14-4-3-5-18(15(14)2)20(27)6-8-26(9-7-20)13-16-10-17(12-21-11-16)19-22-24-25-23-19/h3-5,10-12,27H,6-9,13H2,1-2H3,(H,22,23,24,25). The maximum Gasteiger partial charge on any atom is 0.206 e. The Morgan fingerprint density at radius 3 is 2.74 bits per heavy atom. The fraction of sp³-hybridized carbons (Fsp3) is 0.400. The highest BCUT2D eigenvalue weighted by molar-refractivity contribution is 5.53. The summed E-state index contributed by atoms with van der Waals surface area (Å²) in [6.07, 6.45) is 5.07. The van der Waals surface area contributed by atoms with Crippen molar-refractivity contribution in [2.45, 2.75) is 38.8 Å². The Bertz CT molecular complexity index is 916. The van der Waals surface area contributed by atoms with Crippen LogP contribution in [0, 0.1) is 13.8 Å². The first-order valence-electron chi connectivity index (χ1n) is 9.24. The molecule has 7 nitrogen and oxygen atoms in total. The molecule has 0 bridgehead atoms. The molecule has 0 saturated carbocycles. The molecule has 1 aliphatic heterocycles. The van der Waals surface area contributed by atoms with Crippen LogP contribution in [0.25, 0.3) is 11.4 Å². The third kappa shape index (κ3) is 3.61. The van der Waals surface area contributed by atoms with Gasteiger partial charge < -0.3 is 5.11 Å². The first kappa shape index (κ1) is 17.8. The monoisotopic (exact) mass is 364 g/mol. The number of nitrogens with zero attached hydrogens (tertiary/aromatic N) is 5. The van der Waals surface area contributed by atoms with E-state index in [0.717, 1.165) is 49.2 Å². The minimum Gasteiger partial charge on any atom is -0.385 e. The van der Waals surface area contributed by atoms with Crippen molar-refractivity contribution in [1.29, 1.82) is 0 Å². The maximum atomic E-state index is 11.2. The summed E-state index contributed by atoms with van der Waals surface area (Å²) in [4.78, 5) is 6.66. The molecule has 27 heavy (non-hydrogen) atoms. The van der Waals surface area contributed by atoms with E-state index >= 15 is 0 Å². The van der Waals surface area contributed by atoms with Gasteiger partial charge in [-0.2, -0.15) is 5.21 Å². The van der Waals surface area contributed by atoms with E-state index in [9.17, 15) is 5.11 Å². The number of aromatic nitrogens is 5. The third-order valence-electron chi connectivity index (χ3n) is 5.59. The number of rotatable bonds is 4. The van der Waals surface area contributed by atoms with Crippen LogP contribution in [-0.4, -0.2) is 48.7 Å². The number of tetrazole rings is 1. The zero-order chi connectivity index (χ0) is 18.9. The molecule has 0 spiro atoms. The number of hydrogen-bond donors (Lipinski definition) is 2. The SMILES string of the molecule is Cc1cccc(C2(O)CCN(Cc3cncc(-c4nn[nH]n4)c3)CC2)c1C. The van der Waals surface area contributed by atoms with Crippen LogP contribution < -0.4 is 0 Å². The normalized spacial score (nSPS) is 17.1. The Morgan fingerprint density at radius 2 is 2.00 bits per heavy atom. The minimum atomic E-state index is -0.739. The first-order chi connectivity index (χ1) is 13.0. The number of nitrogens with one attached hydrogen (secondary N) is 1. The van der Waals surface area contributed by atoms with E-state index in [0.29, 0.717) is 5.82 Å². The summed E-state index contributed by atoms with van der Waals surface area (Å²) in [7, 11) is 0. The predicted molar refractivity (Wildman–Crippen MR) is 102 cm³/mol. The van der Waals surface area contributed by atoms with E-state index < -0.39 is 5.60 Å². The van der Waals surface area contributed by atoms with Gasteiger partial charge in [-0.1, -0.05) is 18.2 Å². The zero-order valence-electron chi connectivity index (χ0n) is 15.7. The maximum absolute atomic E-state index is 11.2. The average molecular weight is 364 g/mol. The number of hydrogen-bond acceptors (Lipinski definition) is 6. The fourth-order valence-electron chi connectivity index (χ4n) is 3.84. The molecule has 1 saturated heterocycles. The quantitative estimate of drug-likeness (QED) is 0.738. The topological polar surface area (TPSA) is 90.8 Å². The summed E-state index contributed by atoms with van der Waals surface area (Å²) in [5.74, 6) is 0.548. The number of aryl methyl sites for hydroxylation is 1. The van der Waals surface area contributed by atoms with E-state index in [4.69, 9.17) is 0 Å². The molecule has 0 radical (unpaired) electrons. The molecule has 0 amide bonds. The number of likely N-dealkylation sites (tertiary alicyclic amines) is 1. The Labute approximate surface area is 158 Å². The summed E-state index contributed by atoms with van der Waals surface area (Å²) >= 11 is 0. The zero-order valence-corrected chi connectivity index (χ0v) is 15.7. The van der Waals surface area contributed by atoms with Crippen molar-refractivity contribution in [3.8, 4) is 11.4 Å². The Kier molecular flexibility index (Phi) is 4.72. The van der Waals surface area contributed by atoms with Crippen LogP contribution in [0.1, 0.15) is 35.1 Å². The van der Waals surface area contributed by atoms with E-state index in [1.165, 1.54) is 11.1 Å². The molecule has 1 aromatic carbocycles. The molecule has 2 N–H and O–H groups in total. The van der Waals surface area contributed by atoms with Gasteiger partial charge in [-0.25, -0.2) is 0 Å². The summed E-state index contributed by atoms with van der Waals surface area (Å²) < 4.78 is 0. The highest BCUT2D eigenvalue weighted by Gasteiger charge is 2.35. The second kappa shape index (κ2) is 7.17. The lowest BCUT2D eigenvalue weighted by Gasteiger charge is -2.39. The van der Waals surface area contributed by atoms with E-state index in [-0.39, 0.29) is 0 Å². The molecule has 3 heterocycles. The summed E-state index contributed by atoms with van der Waals surface area (Å²) in [6.45, 7) is 6.68. The van der Waals surface area contributed by atoms with Crippen LogP contribution in [-0.2, 0) is 12.1 Å². The molecule has 140 valence electrons. The van der Waals surface area contributed by atoms with Gasteiger partial charge in [0, 0.05) is 37.6 Å². The van der Waals surface area contributed by atoms with Gasteiger partial charge in [0.1, 0.15) is 0 Å². The molecule has 3 aromatic rings.